The Labute approximate surface area is 141 Å². The van der Waals surface area contributed by atoms with E-state index in [2.05, 4.69) is 51.9 Å². The van der Waals surface area contributed by atoms with Crippen molar-refractivity contribution < 1.29 is 0 Å². The number of hydrogen-bond acceptors (Lipinski definition) is 6. The quantitative estimate of drug-likeness (QED) is 0.685. The molecule has 1 atom stereocenters. The van der Waals surface area contributed by atoms with Crippen molar-refractivity contribution in [3.8, 4) is 0 Å². The zero-order valence-electron chi connectivity index (χ0n) is 13.6. The molecule has 1 saturated heterocycles. The molecule has 6 heteroatoms. The lowest BCUT2D eigenvalue weighted by Gasteiger charge is -2.39. The molecule has 2 aliphatic heterocycles. The predicted molar refractivity (Wildman–Crippen MR) is 98.8 cm³/mol. The van der Waals surface area contributed by atoms with Crippen molar-refractivity contribution in [2.24, 2.45) is 10.1 Å². The number of aliphatic imine (C=N–C) groups is 1. The van der Waals surface area contributed by atoms with E-state index in [0.717, 1.165) is 32.1 Å². The maximum absolute atomic E-state index is 4.76. The van der Waals surface area contributed by atoms with Crippen LogP contribution in [0.3, 0.4) is 0 Å². The topological polar surface area (TPSA) is 43.2 Å². The molecule has 2 aliphatic rings. The van der Waals surface area contributed by atoms with Crippen LogP contribution in [-0.4, -0.2) is 54.3 Å². The van der Waals surface area contributed by atoms with Gasteiger partial charge in [0.25, 0.3) is 0 Å². The smallest absolute Gasteiger partial charge is 0.223 e. The summed E-state index contributed by atoms with van der Waals surface area (Å²) in [6.07, 6.45) is 8.13. The normalized spacial score (nSPS) is 22.8. The zero-order chi connectivity index (χ0) is 16.1. The molecule has 0 aromatic carbocycles. The van der Waals surface area contributed by atoms with Gasteiger partial charge in [0.15, 0.2) is 0 Å². The molecule has 3 heterocycles. The van der Waals surface area contributed by atoms with E-state index in [1.54, 1.807) is 11.3 Å². The Morgan fingerprint density at radius 3 is 2.83 bits per heavy atom. The fourth-order valence-electron chi connectivity index (χ4n) is 2.88. The minimum atomic E-state index is 0.0808. The van der Waals surface area contributed by atoms with E-state index in [1.807, 2.05) is 24.3 Å². The van der Waals surface area contributed by atoms with E-state index in [4.69, 9.17) is 4.99 Å². The van der Waals surface area contributed by atoms with Crippen LogP contribution in [0.15, 0.2) is 46.0 Å². The van der Waals surface area contributed by atoms with Gasteiger partial charge in [-0.15, -0.1) is 11.3 Å². The van der Waals surface area contributed by atoms with Gasteiger partial charge in [0, 0.05) is 49.0 Å². The maximum Gasteiger partial charge on any atom is 0.223 e. The molecule has 3 rings (SSSR count). The molecule has 0 aliphatic carbocycles. The van der Waals surface area contributed by atoms with Crippen molar-refractivity contribution in [2.75, 3.05) is 26.2 Å². The third kappa shape index (κ3) is 3.38. The summed E-state index contributed by atoms with van der Waals surface area (Å²) >= 11 is 1.74. The van der Waals surface area contributed by atoms with Crippen molar-refractivity contribution in [3.05, 3.63) is 40.7 Å². The summed E-state index contributed by atoms with van der Waals surface area (Å²) in [7, 11) is 0. The molecule has 0 spiro atoms. The Hall–Kier alpha value is -1.92. The van der Waals surface area contributed by atoms with Crippen LogP contribution in [0.25, 0.3) is 5.57 Å². The largest absolute Gasteiger partial charge is 0.339 e. The van der Waals surface area contributed by atoms with Gasteiger partial charge in [0.1, 0.15) is 6.04 Å². The highest BCUT2D eigenvalue weighted by molar-refractivity contribution is 7.11. The maximum atomic E-state index is 4.76. The number of rotatable bonds is 3. The lowest BCUT2D eigenvalue weighted by Crippen LogP contribution is -2.53. The fourth-order valence-corrected chi connectivity index (χ4v) is 3.65. The van der Waals surface area contributed by atoms with E-state index >= 15 is 0 Å². The number of hydrogen-bond donors (Lipinski definition) is 1. The van der Waals surface area contributed by atoms with Crippen LogP contribution < -0.4 is 5.32 Å². The first-order chi connectivity index (χ1) is 11.3. The summed E-state index contributed by atoms with van der Waals surface area (Å²) in [5.74, 6) is 0.938. The summed E-state index contributed by atoms with van der Waals surface area (Å²) < 4.78 is 0. The molecule has 1 N–H and O–H groups in total. The number of thiophene rings is 1. The molecular formula is C17H23N5S. The van der Waals surface area contributed by atoms with E-state index in [1.165, 1.54) is 10.5 Å². The number of guanidine groups is 1. The molecule has 1 aromatic heterocycles. The fraction of sp³-hybridized carbons (Fsp3) is 0.412. The monoisotopic (exact) mass is 329 g/mol. The molecule has 0 bridgehead atoms. The van der Waals surface area contributed by atoms with Gasteiger partial charge < -0.3 is 10.2 Å². The van der Waals surface area contributed by atoms with E-state index in [0.29, 0.717) is 0 Å². The van der Waals surface area contributed by atoms with Gasteiger partial charge in [0.2, 0.25) is 5.96 Å². The molecule has 23 heavy (non-hydrogen) atoms. The molecule has 0 radical (unpaired) electrons. The van der Waals surface area contributed by atoms with Gasteiger partial charge in [-0.1, -0.05) is 18.2 Å². The molecule has 1 fully saturated rings. The van der Waals surface area contributed by atoms with Gasteiger partial charge in [-0.05, 0) is 25.3 Å². The molecule has 1 aromatic rings. The minimum absolute atomic E-state index is 0.0808. The van der Waals surface area contributed by atoms with Crippen LogP contribution in [0.5, 0.6) is 0 Å². The number of hydrazone groups is 1. The van der Waals surface area contributed by atoms with Gasteiger partial charge in [0.05, 0.1) is 0 Å². The van der Waals surface area contributed by atoms with Crippen LogP contribution in [0.2, 0.25) is 0 Å². The van der Waals surface area contributed by atoms with Gasteiger partial charge >= 0.3 is 0 Å². The number of nitrogens with zero attached hydrogens (tertiary/aromatic N) is 4. The van der Waals surface area contributed by atoms with Crippen LogP contribution in [0.1, 0.15) is 18.7 Å². The zero-order valence-corrected chi connectivity index (χ0v) is 14.5. The van der Waals surface area contributed by atoms with Crippen molar-refractivity contribution in [1.82, 2.24) is 15.2 Å². The Bertz CT molecular complexity index is 623. The average Bonchev–Trinajstić information content (AvgIpc) is 3.12. The van der Waals surface area contributed by atoms with E-state index < -0.39 is 0 Å². The van der Waals surface area contributed by atoms with Crippen LogP contribution in [-0.2, 0) is 0 Å². The molecule has 5 nitrogen and oxygen atoms in total. The highest BCUT2D eigenvalue weighted by Crippen LogP contribution is 2.31. The Morgan fingerprint density at radius 1 is 1.35 bits per heavy atom. The summed E-state index contributed by atoms with van der Waals surface area (Å²) in [4.78, 5) is 8.31. The van der Waals surface area contributed by atoms with Crippen molar-refractivity contribution in [3.63, 3.8) is 0 Å². The SMILES string of the molecule is C/C=N\N1C(N2CCNCC2)=NC=C(c2cccs2)C1/C=C/C. The Kier molecular flexibility index (Phi) is 5.25. The summed E-state index contributed by atoms with van der Waals surface area (Å²) in [6.45, 7) is 7.89. The van der Waals surface area contributed by atoms with Crippen molar-refractivity contribution in [2.45, 2.75) is 19.9 Å². The van der Waals surface area contributed by atoms with Gasteiger partial charge in [-0.25, -0.2) is 10.0 Å². The second-order valence-electron chi connectivity index (χ2n) is 5.42. The number of nitrogens with one attached hydrogen (secondary N) is 1. The van der Waals surface area contributed by atoms with Crippen LogP contribution in [0.4, 0.5) is 0 Å². The summed E-state index contributed by atoms with van der Waals surface area (Å²) in [5.41, 5.74) is 1.20. The Morgan fingerprint density at radius 2 is 2.17 bits per heavy atom. The first kappa shape index (κ1) is 16.0. The third-order valence-corrected chi connectivity index (χ3v) is 4.85. The number of piperazine rings is 1. The van der Waals surface area contributed by atoms with Crippen molar-refractivity contribution in [1.29, 1.82) is 0 Å². The first-order valence-electron chi connectivity index (χ1n) is 8.03. The second kappa shape index (κ2) is 7.57. The van der Waals surface area contributed by atoms with E-state index in [-0.39, 0.29) is 6.04 Å². The highest BCUT2D eigenvalue weighted by Gasteiger charge is 2.31. The number of allylic oxidation sites excluding steroid dienone is 1. The molecule has 0 amide bonds. The van der Waals surface area contributed by atoms with E-state index in [9.17, 15) is 0 Å². The summed E-state index contributed by atoms with van der Waals surface area (Å²) in [5, 5.41) is 12.2. The molecule has 0 saturated carbocycles. The lowest BCUT2D eigenvalue weighted by atomic mass is 10.0. The van der Waals surface area contributed by atoms with Crippen LogP contribution in [0, 0.1) is 0 Å². The first-order valence-corrected chi connectivity index (χ1v) is 8.91. The minimum Gasteiger partial charge on any atom is -0.339 e. The average molecular weight is 329 g/mol. The van der Waals surface area contributed by atoms with Gasteiger partial charge in [-0.3, -0.25) is 0 Å². The second-order valence-corrected chi connectivity index (χ2v) is 6.36. The highest BCUT2D eigenvalue weighted by atomic mass is 32.1. The standard InChI is InChI=1S/C17H23N5S/c1-3-6-15-14(16-7-5-12-23-16)13-19-17(22(15)20-4-2)21-10-8-18-9-11-21/h3-7,12-13,15,18H,8-11H2,1-2H3/b6-3+,20-4-. The molecular weight excluding hydrogens is 306 g/mol. The molecule has 1 unspecified atom stereocenters. The predicted octanol–water partition coefficient (Wildman–Crippen LogP) is 2.62. The third-order valence-electron chi connectivity index (χ3n) is 3.93. The Balaban J connectivity index is 2.00. The van der Waals surface area contributed by atoms with Gasteiger partial charge in [-0.2, -0.15) is 5.10 Å². The molecule has 122 valence electrons. The lowest BCUT2D eigenvalue weighted by molar-refractivity contribution is 0.289. The van der Waals surface area contributed by atoms with Crippen LogP contribution >= 0.6 is 11.3 Å². The summed E-state index contributed by atoms with van der Waals surface area (Å²) in [6, 6.07) is 4.31. The van der Waals surface area contributed by atoms with Crippen molar-refractivity contribution >= 4 is 29.1 Å².